The van der Waals surface area contributed by atoms with Crippen molar-refractivity contribution in [2.45, 2.75) is 0 Å². The molecule has 0 aliphatic heterocycles. The molecule has 0 atom stereocenters. The summed E-state index contributed by atoms with van der Waals surface area (Å²) in [4.78, 5) is 8.11. The van der Waals surface area contributed by atoms with Crippen LogP contribution in [0.1, 0.15) is 0 Å². The lowest BCUT2D eigenvalue weighted by molar-refractivity contribution is 0.431. The van der Waals surface area contributed by atoms with Crippen LogP contribution in [-0.4, -0.2) is 25.3 Å². The van der Waals surface area contributed by atoms with Crippen LogP contribution in [0.4, 0.5) is 0 Å². The number of aromatic nitrogens is 2. The predicted octanol–water partition coefficient (Wildman–Crippen LogP) is 4.72. The first kappa shape index (κ1) is 17.4. The minimum absolute atomic E-state index is 0.0254. The van der Waals surface area contributed by atoms with E-state index in [1.165, 1.54) is 18.2 Å². The summed E-state index contributed by atoms with van der Waals surface area (Å²) in [5.41, 5.74) is 2.58. The second-order valence-corrected chi connectivity index (χ2v) is 6.10. The third-order valence-corrected chi connectivity index (χ3v) is 4.19. The summed E-state index contributed by atoms with van der Waals surface area (Å²) in [5, 5.41) is 30.4. The van der Waals surface area contributed by atoms with Crippen LogP contribution in [0.25, 0.3) is 22.3 Å². The van der Waals surface area contributed by atoms with Crippen molar-refractivity contribution in [1.29, 1.82) is 0 Å². The molecule has 2 aromatic carbocycles. The molecule has 6 heteroatoms. The number of phenolic OH excluding ortho intramolecular Hbond substituents is 3. The Bertz CT molecular complexity index is 1120. The number of aromatic hydroxyl groups is 3. The highest BCUT2D eigenvalue weighted by Gasteiger charge is 2.17. The molecule has 0 radical (unpaired) electrons. The Morgan fingerprint density at radius 3 is 2.21 bits per heavy atom. The first-order chi connectivity index (χ1) is 13.6. The van der Waals surface area contributed by atoms with Gasteiger partial charge in [0, 0.05) is 54.1 Å². The van der Waals surface area contributed by atoms with Gasteiger partial charge in [-0.1, -0.05) is 6.07 Å². The fourth-order valence-electron chi connectivity index (χ4n) is 2.95. The Morgan fingerprint density at radius 2 is 1.46 bits per heavy atom. The third-order valence-electron chi connectivity index (χ3n) is 4.19. The predicted molar refractivity (Wildman–Crippen MR) is 104 cm³/mol. The highest BCUT2D eigenvalue weighted by Crippen LogP contribution is 2.44. The van der Waals surface area contributed by atoms with Crippen LogP contribution in [0.2, 0.25) is 0 Å². The lowest BCUT2D eigenvalue weighted by Gasteiger charge is -2.16. The van der Waals surface area contributed by atoms with E-state index in [4.69, 9.17) is 4.74 Å². The van der Waals surface area contributed by atoms with E-state index >= 15 is 0 Å². The minimum Gasteiger partial charge on any atom is -0.508 e. The summed E-state index contributed by atoms with van der Waals surface area (Å²) in [6, 6.07) is 14.5. The number of hydrogen-bond acceptors (Lipinski definition) is 6. The molecule has 4 rings (SSSR count). The van der Waals surface area contributed by atoms with Crippen LogP contribution in [0.5, 0.6) is 28.7 Å². The van der Waals surface area contributed by atoms with E-state index in [0.717, 1.165) is 5.56 Å². The lowest BCUT2D eigenvalue weighted by atomic mass is 10.0. The van der Waals surface area contributed by atoms with Crippen molar-refractivity contribution in [3.63, 3.8) is 0 Å². The van der Waals surface area contributed by atoms with Gasteiger partial charge in [-0.05, 0) is 35.9 Å². The summed E-state index contributed by atoms with van der Waals surface area (Å²) in [6.45, 7) is 0. The van der Waals surface area contributed by atoms with Gasteiger partial charge in [0.2, 0.25) is 0 Å². The van der Waals surface area contributed by atoms with Gasteiger partial charge in [-0.2, -0.15) is 0 Å². The molecule has 2 aromatic heterocycles. The fraction of sp³-hybridized carbons (Fsp3) is 0. The molecule has 0 aliphatic rings. The average molecular weight is 372 g/mol. The average Bonchev–Trinajstić information content (AvgIpc) is 2.69. The molecule has 0 saturated carbocycles. The standard InChI is InChI=1S/C22H16N2O4/c25-16-3-4-18(15-2-1-7-24-13-15)20(11-16)28-21-12-17(26)10-19(27)22(21)14-5-8-23-9-6-14/h1-13,25-27H. The van der Waals surface area contributed by atoms with Gasteiger partial charge in [0.15, 0.2) is 0 Å². The molecule has 4 aromatic rings. The molecular formula is C22H16N2O4. The maximum absolute atomic E-state index is 10.4. The molecule has 28 heavy (non-hydrogen) atoms. The number of hydrogen-bond donors (Lipinski definition) is 3. The third kappa shape index (κ3) is 3.43. The number of pyridine rings is 2. The highest BCUT2D eigenvalue weighted by atomic mass is 16.5. The van der Waals surface area contributed by atoms with Crippen LogP contribution in [0.15, 0.2) is 79.4 Å². The topological polar surface area (TPSA) is 95.7 Å². The van der Waals surface area contributed by atoms with Crippen LogP contribution >= 0.6 is 0 Å². The fourth-order valence-corrected chi connectivity index (χ4v) is 2.95. The first-order valence-electron chi connectivity index (χ1n) is 8.49. The van der Waals surface area contributed by atoms with E-state index in [1.54, 1.807) is 55.1 Å². The van der Waals surface area contributed by atoms with Gasteiger partial charge in [-0.15, -0.1) is 0 Å². The van der Waals surface area contributed by atoms with E-state index < -0.39 is 0 Å². The largest absolute Gasteiger partial charge is 0.508 e. The van der Waals surface area contributed by atoms with Crippen molar-refractivity contribution in [3.05, 3.63) is 79.4 Å². The van der Waals surface area contributed by atoms with Gasteiger partial charge in [-0.25, -0.2) is 0 Å². The second-order valence-electron chi connectivity index (χ2n) is 6.10. The second kappa shape index (κ2) is 7.28. The molecular weight excluding hydrogens is 356 g/mol. The van der Waals surface area contributed by atoms with E-state index in [2.05, 4.69) is 9.97 Å². The molecule has 138 valence electrons. The van der Waals surface area contributed by atoms with Crippen LogP contribution in [-0.2, 0) is 0 Å². The lowest BCUT2D eigenvalue weighted by Crippen LogP contribution is -1.92. The molecule has 3 N–H and O–H groups in total. The zero-order valence-corrected chi connectivity index (χ0v) is 14.6. The van der Waals surface area contributed by atoms with E-state index in [1.807, 2.05) is 6.07 Å². The molecule has 0 saturated heterocycles. The summed E-state index contributed by atoms with van der Waals surface area (Å²) < 4.78 is 6.06. The van der Waals surface area contributed by atoms with Gasteiger partial charge in [0.1, 0.15) is 28.7 Å². The van der Waals surface area contributed by atoms with Gasteiger partial charge in [0.25, 0.3) is 0 Å². The quantitative estimate of drug-likeness (QED) is 0.480. The molecule has 0 unspecified atom stereocenters. The summed E-state index contributed by atoms with van der Waals surface area (Å²) in [6.07, 6.45) is 6.55. The van der Waals surface area contributed by atoms with Crippen LogP contribution in [0.3, 0.4) is 0 Å². The Balaban J connectivity index is 1.86. The number of rotatable bonds is 4. The van der Waals surface area contributed by atoms with E-state index in [9.17, 15) is 15.3 Å². The van der Waals surface area contributed by atoms with Crippen molar-refractivity contribution in [1.82, 2.24) is 9.97 Å². The Hall–Kier alpha value is -4.06. The van der Waals surface area contributed by atoms with Crippen molar-refractivity contribution in [2.24, 2.45) is 0 Å². The van der Waals surface area contributed by atoms with Crippen molar-refractivity contribution in [3.8, 4) is 51.0 Å². The van der Waals surface area contributed by atoms with Gasteiger partial charge in [-0.3, -0.25) is 9.97 Å². The maximum atomic E-state index is 10.4. The van der Waals surface area contributed by atoms with Crippen molar-refractivity contribution in [2.75, 3.05) is 0 Å². The molecule has 0 spiro atoms. The number of phenols is 3. The molecule has 2 heterocycles. The Labute approximate surface area is 161 Å². The normalized spacial score (nSPS) is 10.6. The summed E-state index contributed by atoms with van der Waals surface area (Å²) >= 11 is 0. The van der Waals surface area contributed by atoms with Gasteiger partial charge in [0.05, 0.1) is 5.56 Å². The summed E-state index contributed by atoms with van der Waals surface area (Å²) in [5.74, 6) is 0.336. The molecule has 6 nitrogen and oxygen atoms in total. The van der Waals surface area contributed by atoms with Gasteiger partial charge >= 0.3 is 0 Å². The molecule has 0 bridgehead atoms. The SMILES string of the molecule is Oc1ccc(-c2cccnc2)c(Oc2cc(O)cc(O)c2-c2ccncc2)c1. The first-order valence-corrected chi connectivity index (χ1v) is 8.49. The maximum Gasteiger partial charge on any atom is 0.142 e. The number of ether oxygens (including phenoxy) is 1. The Morgan fingerprint density at radius 1 is 0.679 bits per heavy atom. The van der Waals surface area contributed by atoms with E-state index in [0.29, 0.717) is 22.4 Å². The smallest absolute Gasteiger partial charge is 0.142 e. The Kier molecular flexibility index (Phi) is 4.51. The molecule has 0 fully saturated rings. The monoisotopic (exact) mass is 372 g/mol. The molecule has 0 aliphatic carbocycles. The number of benzene rings is 2. The molecule has 0 amide bonds. The van der Waals surface area contributed by atoms with Crippen molar-refractivity contribution >= 4 is 0 Å². The zero-order chi connectivity index (χ0) is 19.5. The van der Waals surface area contributed by atoms with Crippen LogP contribution < -0.4 is 4.74 Å². The minimum atomic E-state index is -0.145. The number of nitrogens with zero attached hydrogens (tertiary/aromatic N) is 2. The zero-order valence-electron chi connectivity index (χ0n) is 14.6. The highest BCUT2D eigenvalue weighted by molar-refractivity contribution is 5.79. The van der Waals surface area contributed by atoms with Crippen molar-refractivity contribution < 1.29 is 20.1 Å². The van der Waals surface area contributed by atoms with E-state index in [-0.39, 0.29) is 23.0 Å². The summed E-state index contributed by atoms with van der Waals surface area (Å²) in [7, 11) is 0. The van der Waals surface area contributed by atoms with Crippen LogP contribution in [0, 0.1) is 0 Å². The van der Waals surface area contributed by atoms with Gasteiger partial charge < -0.3 is 20.1 Å².